The van der Waals surface area contributed by atoms with Gasteiger partial charge >= 0.3 is 5.97 Å². The van der Waals surface area contributed by atoms with E-state index in [-0.39, 0.29) is 32.5 Å². The van der Waals surface area contributed by atoms with Crippen LogP contribution in [-0.4, -0.2) is 54.9 Å². The van der Waals surface area contributed by atoms with Crippen LogP contribution in [0, 0.1) is 0 Å². The summed E-state index contributed by atoms with van der Waals surface area (Å²) in [4.78, 5) is 26.2. The van der Waals surface area contributed by atoms with E-state index in [2.05, 4.69) is 4.72 Å². The lowest BCUT2D eigenvalue weighted by Gasteiger charge is -2.36. The maximum Gasteiger partial charge on any atom is 0.325 e. The highest BCUT2D eigenvalue weighted by Crippen LogP contribution is 2.23. The van der Waals surface area contributed by atoms with E-state index in [1.54, 1.807) is 61.5 Å². The predicted octanol–water partition coefficient (Wildman–Crippen LogP) is 2.30. The van der Waals surface area contributed by atoms with Crippen molar-refractivity contribution >= 4 is 39.4 Å². The number of rotatable bonds is 8. The number of carbonyl (C=O) groups is 2. The molecule has 0 spiro atoms. The third-order valence-corrected chi connectivity index (χ3v) is 7.24. The number of halogens is 1. The SMILES string of the molecule is CC[C@@](Cc1ccccc1)(NS(=O)(=O)N1CCN(c2ccc(Cl)cc2)C(=O)C1)C(=O)O. The van der Waals surface area contributed by atoms with E-state index in [9.17, 15) is 23.1 Å². The van der Waals surface area contributed by atoms with E-state index in [4.69, 9.17) is 11.6 Å². The molecule has 1 heterocycles. The van der Waals surface area contributed by atoms with Gasteiger partial charge in [0.25, 0.3) is 10.2 Å². The van der Waals surface area contributed by atoms with Crippen LogP contribution in [0.5, 0.6) is 0 Å². The molecule has 0 aliphatic carbocycles. The average molecular weight is 466 g/mol. The summed E-state index contributed by atoms with van der Waals surface area (Å²) in [5, 5.41) is 10.4. The predicted molar refractivity (Wildman–Crippen MR) is 118 cm³/mol. The molecule has 2 aromatic carbocycles. The number of carboxylic acids is 1. The quantitative estimate of drug-likeness (QED) is 0.622. The molecule has 10 heteroatoms. The van der Waals surface area contributed by atoms with Gasteiger partial charge in [-0.2, -0.15) is 17.4 Å². The van der Waals surface area contributed by atoms with Crippen LogP contribution in [0.25, 0.3) is 0 Å². The van der Waals surface area contributed by atoms with Crippen molar-refractivity contribution in [3.63, 3.8) is 0 Å². The van der Waals surface area contributed by atoms with E-state index in [0.717, 1.165) is 4.31 Å². The molecule has 2 N–H and O–H groups in total. The second-order valence-electron chi connectivity index (χ2n) is 7.37. The van der Waals surface area contributed by atoms with E-state index in [1.165, 1.54) is 4.90 Å². The van der Waals surface area contributed by atoms with Crippen LogP contribution in [0.1, 0.15) is 18.9 Å². The summed E-state index contributed by atoms with van der Waals surface area (Å²) in [5.74, 6) is -1.67. The van der Waals surface area contributed by atoms with Crippen molar-refractivity contribution in [2.45, 2.75) is 25.3 Å². The minimum Gasteiger partial charge on any atom is -0.480 e. The zero-order valence-electron chi connectivity index (χ0n) is 17.0. The summed E-state index contributed by atoms with van der Waals surface area (Å²) in [5.41, 5.74) is -0.411. The first-order valence-electron chi connectivity index (χ1n) is 9.79. The molecule has 31 heavy (non-hydrogen) atoms. The van der Waals surface area contributed by atoms with Crippen molar-refractivity contribution in [1.29, 1.82) is 0 Å². The maximum atomic E-state index is 13.1. The lowest BCUT2D eigenvalue weighted by molar-refractivity contribution is -0.144. The highest BCUT2D eigenvalue weighted by atomic mass is 35.5. The van der Waals surface area contributed by atoms with E-state index in [0.29, 0.717) is 16.3 Å². The molecule has 1 saturated heterocycles. The largest absolute Gasteiger partial charge is 0.480 e. The summed E-state index contributed by atoms with van der Waals surface area (Å²) >= 11 is 5.88. The molecule has 3 rings (SSSR count). The monoisotopic (exact) mass is 465 g/mol. The molecular weight excluding hydrogens is 442 g/mol. The van der Waals surface area contributed by atoms with Crippen LogP contribution in [0.15, 0.2) is 54.6 Å². The van der Waals surface area contributed by atoms with Crippen molar-refractivity contribution in [2.75, 3.05) is 24.5 Å². The third kappa shape index (κ3) is 5.24. The van der Waals surface area contributed by atoms with Crippen molar-refractivity contribution < 1.29 is 23.1 Å². The number of aliphatic carboxylic acids is 1. The summed E-state index contributed by atoms with van der Waals surface area (Å²) in [6, 6.07) is 15.5. The van der Waals surface area contributed by atoms with Gasteiger partial charge in [-0.05, 0) is 36.2 Å². The fourth-order valence-corrected chi connectivity index (χ4v) is 5.17. The highest BCUT2D eigenvalue weighted by Gasteiger charge is 2.43. The summed E-state index contributed by atoms with van der Waals surface area (Å²) in [7, 11) is -4.23. The Balaban J connectivity index is 1.78. The van der Waals surface area contributed by atoms with Gasteiger partial charge in [-0.1, -0.05) is 48.9 Å². The van der Waals surface area contributed by atoms with Crippen LogP contribution in [0.3, 0.4) is 0 Å². The number of amides is 1. The third-order valence-electron chi connectivity index (χ3n) is 5.35. The Labute approximate surface area is 186 Å². The number of hydrogen-bond acceptors (Lipinski definition) is 4. The van der Waals surface area contributed by atoms with Gasteiger partial charge < -0.3 is 10.0 Å². The minimum absolute atomic E-state index is 0.0163. The van der Waals surface area contributed by atoms with Crippen LogP contribution in [0.2, 0.25) is 5.02 Å². The molecule has 1 fully saturated rings. The van der Waals surface area contributed by atoms with Gasteiger partial charge in [-0.25, -0.2) is 0 Å². The first-order valence-corrected chi connectivity index (χ1v) is 11.6. The van der Waals surface area contributed by atoms with Crippen molar-refractivity contribution in [1.82, 2.24) is 9.03 Å². The van der Waals surface area contributed by atoms with Gasteiger partial charge in [0, 0.05) is 30.2 Å². The minimum atomic E-state index is -4.23. The molecule has 0 unspecified atom stereocenters. The fraction of sp³-hybridized carbons (Fsp3) is 0.333. The van der Waals surface area contributed by atoms with E-state index in [1.807, 2.05) is 0 Å². The van der Waals surface area contributed by atoms with Crippen LogP contribution in [0.4, 0.5) is 5.69 Å². The molecule has 0 aromatic heterocycles. The first-order chi connectivity index (χ1) is 14.7. The standard InChI is InChI=1S/C21H24ClN3O5S/c1-2-21(20(27)28,14-16-6-4-3-5-7-16)23-31(29,30)24-12-13-25(19(26)15-24)18-10-8-17(22)9-11-18/h3-11,23H,2,12-15H2,1H3,(H,27,28)/t21-/m0/s1. The smallest absolute Gasteiger partial charge is 0.325 e. The number of hydrogen-bond donors (Lipinski definition) is 2. The molecule has 1 aliphatic rings. The molecule has 0 radical (unpaired) electrons. The Morgan fingerprint density at radius 1 is 1.13 bits per heavy atom. The Morgan fingerprint density at radius 3 is 2.32 bits per heavy atom. The zero-order valence-corrected chi connectivity index (χ0v) is 18.6. The van der Waals surface area contributed by atoms with Crippen LogP contribution >= 0.6 is 11.6 Å². The molecule has 0 saturated carbocycles. The van der Waals surface area contributed by atoms with Crippen molar-refractivity contribution in [2.24, 2.45) is 0 Å². The molecule has 0 bridgehead atoms. The second-order valence-corrected chi connectivity index (χ2v) is 9.47. The maximum absolute atomic E-state index is 13.1. The number of anilines is 1. The number of carboxylic acid groups (broad SMARTS) is 1. The number of nitrogens with one attached hydrogen (secondary N) is 1. The number of nitrogens with zero attached hydrogens (tertiary/aromatic N) is 2. The van der Waals surface area contributed by atoms with E-state index < -0.39 is 27.6 Å². The van der Waals surface area contributed by atoms with Gasteiger partial charge in [0.1, 0.15) is 5.54 Å². The Hall–Kier alpha value is -2.46. The summed E-state index contributed by atoms with van der Waals surface area (Å²) in [6.07, 6.45) is 0.0206. The first kappa shape index (κ1) is 23.2. The Bertz CT molecular complexity index is 1050. The van der Waals surface area contributed by atoms with Gasteiger partial charge in [-0.15, -0.1) is 0 Å². The van der Waals surface area contributed by atoms with Crippen molar-refractivity contribution in [3.05, 3.63) is 65.2 Å². The molecule has 1 amide bonds. The highest BCUT2D eigenvalue weighted by molar-refractivity contribution is 7.87. The average Bonchev–Trinajstić information content (AvgIpc) is 2.74. The molecule has 1 atom stereocenters. The van der Waals surface area contributed by atoms with Gasteiger partial charge in [0.2, 0.25) is 5.91 Å². The normalized spacial score (nSPS) is 17.4. The molecule has 8 nitrogen and oxygen atoms in total. The van der Waals surface area contributed by atoms with Crippen molar-refractivity contribution in [3.8, 4) is 0 Å². The van der Waals surface area contributed by atoms with Gasteiger partial charge in [-0.3, -0.25) is 9.59 Å². The lowest BCUT2D eigenvalue weighted by Crippen LogP contribution is -2.62. The van der Waals surface area contributed by atoms with Gasteiger partial charge in [0.15, 0.2) is 0 Å². The topological polar surface area (TPSA) is 107 Å². The molecule has 2 aromatic rings. The molecule has 1 aliphatic heterocycles. The summed E-state index contributed by atoms with van der Waals surface area (Å²) in [6.45, 7) is 1.41. The van der Waals surface area contributed by atoms with Crippen LogP contribution < -0.4 is 9.62 Å². The van der Waals surface area contributed by atoms with E-state index >= 15 is 0 Å². The zero-order chi connectivity index (χ0) is 22.6. The number of benzene rings is 2. The summed E-state index contributed by atoms with van der Waals surface area (Å²) < 4.78 is 29.5. The number of carbonyl (C=O) groups excluding carboxylic acids is 1. The Kier molecular flexibility index (Phi) is 7.00. The lowest BCUT2D eigenvalue weighted by atomic mass is 9.89. The van der Waals surface area contributed by atoms with Gasteiger partial charge in [0.05, 0.1) is 6.54 Å². The second kappa shape index (κ2) is 9.35. The molecular formula is C21H24ClN3O5S. The fourth-order valence-electron chi connectivity index (χ4n) is 3.51. The van der Waals surface area contributed by atoms with Crippen LogP contribution in [-0.2, 0) is 26.2 Å². The Morgan fingerprint density at radius 2 is 1.77 bits per heavy atom. The molecule has 166 valence electrons. The number of piperazine rings is 1.